The van der Waals surface area contributed by atoms with Crippen molar-refractivity contribution in [3.8, 4) is 0 Å². The summed E-state index contributed by atoms with van der Waals surface area (Å²) in [6.07, 6.45) is 0.448. The number of rotatable bonds is 8. The summed E-state index contributed by atoms with van der Waals surface area (Å²) in [4.78, 5) is 11.8. The average Bonchev–Trinajstić information content (AvgIpc) is 2.45. The van der Waals surface area contributed by atoms with Crippen LogP contribution in [0.3, 0.4) is 0 Å². The molecule has 7 heteroatoms. The standard InChI is InChI=1S/C13H20N2O4S/c1-2-15(11-13(17)14-9-6-10-16)20(18,19)12-7-4-3-5-8-12/h3-5,7-8,16H,2,6,9-11H2,1H3,(H,14,17). The Kier molecular flexibility index (Phi) is 6.63. The van der Waals surface area contributed by atoms with E-state index in [1.54, 1.807) is 25.1 Å². The predicted molar refractivity (Wildman–Crippen MR) is 75.6 cm³/mol. The molecule has 0 aromatic heterocycles. The summed E-state index contributed by atoms with van der Waals surface area (Å²) in [5.74, 6) is -0.375. The number of carbonyl (C=O) groups is 1. The zero-order valence-electron chi connectivity index (χ0n) is 11.4. The van der Waals surface area contributed by atoms with Gasteiger partial charge in [-0.05, 0) is 18.6 Å². The molecule has 6 nitrogen and oxygen atoms in total. The number of benzene rings is 1. The van der Waals surface area contributed by atoms with Gasteiger partial charge in [-0.25, -0.2) is 8.42 Å². The fourth-order valence-electron chi connectivity index (χ4n) is 1.63. The molecule has 0 spiro atoms. The zero-order valence-corrected chi connectivity index (χ0v) is 12.3. The average molecular weight is 300 g/mol. The Labute approximate surface area is 119 Å². The van der Waals surface area contributed by atoms with Crippen LogP contribution in [0, 0.1) is 0 Å². The van der Waals surface area contributed by atoms with Crippen LogP contribution in [0.2, 0.25) is 0 Å². The van der Waals surface area contributed by atoms with Crippen LogP contribution in [-0.2, 0) is 14.8 Å². The van der Waals surface area contributed by atoms with Gasteiger partial charge in [0.05, 0.1) is 11.4 Å². The van der Waals surface area contributed by atoms with Gasteiger partial charge in [0.15, 0.2) is 0 Å². The molecule has 0 atom stereocenters. The first-order valence-corrected chi connectivity index (χ1v) is 7.89. The third kappa shape index (κ3) is 4.59. The number of aliphatic hydroxyl groups is 1. The lowest BCUT2D eigenvalue weighted by Crippen LogP contribution is -2.40. The Balaban J connectivity index is 2.73. The van der Waals surface area contributed by atoms with E-state index < -0.39 is 10.0 Å². The van der Waals surface area contributed by atoms with Crippen LogP contribution in [0.4, 0.5) is 0 Å². The normalized spacial score (nSPS) is 11.6. The second-order valence-corrected chi connectivity index (χ2v) is 6.11. The van der Waals surface area contributed by atoms with Gasteiger partial charge in [-0.1, -0.05) is 25.1 Å². The number of amides is 1. The second kappa shape index (κ2) is 7.98. The van der Waals surface area contributed by atoms with Gasteiger partial charge in [0.1, 0.15) is 0 Å². The Hall–Kier alpha value is -1.44. The van der Waals surface area contributed by atoms with Gasteiger partial charge in [-0.15, -0.1) is 0 Å². The first-order chi connectivity index (χ1) is 9.52. The molecule has 0 aliphatic carbocycles. The molecule has 0 aliphatic rings. The Morgan fingerprint density at radius 1 is 1.30 bits per heavy atom. The molecular weight excluding hydrogens is 280 g/mol. The van der Waals surface area contributed by atoms with Crippen molar-refractivity contribution in [3.05, 3.63) is 30.3 Å². The molecule has 0 radical (unpaired) electrons. The van der Waals surface area contributed by atoms with Gasteiger partial charge < -0.3 is 10.4 Å². The highest BCUT2D eigenvalue weighted by Crippen LogP contribution is 2.14. The summed E-state index contributed by atoms with van der Waals surface area (Å²) in [6, 6.07) is 8.02. The molecule has 20 heavy (non-hydrogen) atoms. The van der Waals surface area contributed by atoms with E-state index in [0.717, 1.165) is 4.31 Å². The number of likely N-dealkylation sites (N-methyl/N-ethyl adjacent to an activating group) is 1. The molecule has 0 fully saturated rings. The van der Waals surface area contributed by atoms with Gasteiger partial charge >= 0.3 is 0 Å². The first-order valence-electron chi connectivity index (χ1n) is 6.45. The molecule has 2 N–H and O–H groups in total. The van der Waals surface area contributed by atoms with E-state index in [2.05, 4.69) is 5.32 Å². The van der Waals surface area contributed by atoms with Crippen LogP contribution in [0.25, 0.3) is 0 Å². The minimum absolute atomic E-state index is 0.0138. The number of carbonyl (C=O) groups excluding carboxylic acids is 1. The minimum atomic E-state index is -3.65. The number of aliphatic hydroxyl groups excluding tert-OH is 1. The minimum Gasteiger partial charge on any atom is -0.396 e. The van der Waals surface area contributed by atoms with E-state index >= 15 is 0 Å². The summed E-state index contributed by atoms with van der Waals surface area (Å²) < 4.78 is 25.8. The Morgan fingerprint density at radius 3 is 2.50 bits per heavy atom. The third-order valence-corrected chi connectivity index (χ3v) is 4.65. The number of hydrogen-bond donors (Lipinski definition) is 2. The van der Waals surface area contributed by atoms with E-state index in [1.807, 2.05) is 0 Å². The largest absolute Gasteiger partial charge is 0.396 e. The first kappa shape index (κ1) is 16.6. The maximum absolute atomic E-state index is 12.3. The highest BCUT2D eigenvalue weighted by Gasteiger charge is 2.24. The maximum Gasteiger partial charge on any atom is 0.243 e. The fourth-order valence-corrected chi connectivity index (χ4v) is 3.06. The molecule has 0 heterocycles. The van der Waals surface area contributed by atoms with Crippen molar-refractivity contribution < 1.29 is 18.3 Å². The van der Waals surface area contributed by atoms with E-state index in [4.69, 9.17) is 5.11 Å². The van der Waals surface area contributed by atoms with Crippen molar-refractivity contribution in [2.24, 2.45) is 0 Å². The lowest BCUT2D eigenvalue weighted by atomic mass is 10.4. The molecule has 0 aliphatic heterocycles. The van der Waals surface area contributed by atoms with Gasteiger partial charge in [0, 0.05) is 19.7 Å². The van der Waals surface area contributed by atoms with Crippen molar-refractivity contribution in [2.75, 3.05) is 26.2 Å². The number of hydrogen-bond acceptors (Lipinski definition) is 4. The summed E-state index contributed by atoms with van der Waals surface area (Å²) in [7, 11) is -3.65. The van der Waals surface area contributed by atoms with Gasteiger partial charge in [0.2, 0.25) is 15.9 Å². The SMILES string of the molecule is CCN(CC(=O)NCCCO)S(=O)(=O)c1ccccc1. The predicted octanol–water partition coefficient (Wildman–Crippen LogP) is 0.196. The van der Waals surface area contributed by atoms with E-state index in [0.29, 0.717) is 13.0 Å². The lowest BCUT2D eigenvalue weighted by Gasteiger charge is -2.20. The maximum atomic E-state index is 12.3. The summed E-state index contributed by atoms with van der Waals surface area (Å²) in [6.45, 7) is 1.99. The molecular formula is C13H20N2O4S. The van der Waals surface area contributed by atoms with Gasteiger partial charge in [-0.2, -0.15) is 4.31 Å². The monoisotopic (exact) mass is 300 g/mol. The number of nitrogens with one attached hydrogen (secondary N) is 1. The molecule has 0 bridgehead atoms. The van der Waals surface area contributed by atoms with Crippen molar-refractivity contribution in [1.82, 2.24) is 9.62 Å². The highest BCUT2D eigenvalue weighted by atomic mass is 32.2. The summed E-state index contributed by atoms with van der Waals surface area (Å²) >= 11 is 0. The zero-order chi connectivity index (χ0) is 15.0. The van der Waals surface area contributed by atoms with Crippen LogP contribution in [0.1, 0.15) is 13.3 Å². The lowest BCUT2D eigenvalue weighted by molar-refractivity contribution is -0.121. The molecule has 1 aromatic rings. The number of sulfonamides is 1. The quantitative estimate of drug-likeness (QED) is 0.671. The van der Waals surface area contributed by atoms with Crippen molar-refractivity contribution >= 4 is 15.9 Å². The molecule has 1 aromatic carbocycles. The molecule has 1 rings (SSSR count). The van der Waals surface area contributed by atoms with Crippen LogP contribution in [0.15, 0.2) is 35.2 Å². The highest BCUT2D eigenvalue weighted by molar-refractivity contribution is 7.89. The number of nitrogens with zero attached hydrogens (tertiary/aromatic N) is 1. The van der Waals surface area contributed by atoms with Crippen LogP contribution >= 0.6 is 0 Å². The van der Waals surface area contributed by atoms with Gasteiger partial charge in [-0.3, -0.25) is 4.79 Å². The summed E-state index contributed by atoms with van der Waals surface area (Å²) in [5.41, 5.74) is 0. The Morgan fingerprint density at radius 2 is 1.95 bits per heavy atom. The molecule has 0 saturated heterocycles. The topological polar surface area (TPSA) is 86.7 Å². The molecule has 0 unspecified atom stereocenters. The van der Waals surface area contributed by atoms with Crippen molar-refractivity contribution in [3.63, 3.8) is 0 Å². The second-order valence-electron chi connectivity index (χ2n) is 4.17. The Bertz CT molecular complexity index is 516. The molecule has 1 amide bonds. The van der Waals surface area contributed by atoms with E-state index in [1.165, 1.54) is 12.1 Å². The van der Waals surface area contributed by atoms with Crippen molar-refractivity contribution in [2.45, 2.75) is 18.2 Å². The van der Waals surface area contributed by atoms with Crippen molar-refractivity contribution in [1.29, 1.82) is 0 Å². The third-order valence-electron chi connectivity index (χ3n) is 2.71. The van der Waals surface area contributed by atoms with Gasteiger partial charge in [0.25, 0.3) is 0 Å². The van der Waals surface area contributed by atoms with E-state index in [-0.39, 0.29) is 30.5 Å². The van der Waals surface area contributed by atoms with Crippen LogP contribution < -0.4 is 5.32 Å². The smallest absolute Gasteiger partial charge is 0.243 e. The summed E-state index contributed by atoms with van der Waals surface area (Å²) in [5, 5.41) is 11.2. The molecule has 112 valence electrons. The molecule has 0 saturated carbocycles. The van der Waals surface area contributed by atoms with Crippen LogP contribution in [-0.4, -0.2) is 50.0 Å². The fraction of sp³-hybridized carbons (Fsp3) is 0.462. The van der Waals surface area contributed by atoms with Crippen LogP contribution in [0.5, 0.6) is 0 Å². The van der Waals surface area contributed by atoms with E-state index in [9.17, 15) is 13.2 Å².